The first-order valence-electron chi connectivity index (χ1n) is 6.82. The van der Waals surface area contributed by atoms with Gasteiger partial charge in [-0.1, -0.05) is 18.2 Å². The maximum absolute atomic E-state index is 11.8. The number of rotatable bonds is 6. The number of benzene rings is 1. The van der Waals surface area contributed by atoms with Crippen molar-refractivity contribution in [2.75, 3.05) is 25.2 Å². The highest BCUT2D eigenvalue weighted by Gasteiger charge is 2.27. The van der Waals surface area contributed by atoms with Crippen molar-refractivity contribution in [2.24, 2.45) is 0 Å². The van der Waals surface area contributed by atoms with Crippen molar-refractivity contribution in [3.63, 3.8) is 0 Å². The van der Waals surface area contributed by atoms with Crippen LogP contribution in [0.3, 0.4) is 0 Å². The maximum Gasteiger partial charge on any atom is 0.234 e. The molecular formula is C14H20N2O4S. The third-order valence-corrected chi connectivity index (χ3v) is 5.22. The number of hydrogen-bond acceptors (Lipinski definition) is 5. The topological polar surface area (TPSA) is 84.5 Å². The molecule has 1 aliphatic rings. The lowest BCUT2D eigenvalue weighted by atomic mass is 10.2. The lowest BCUT2D eigenvalue weighted by Crippen LogP contribution is -2.39. The third-order valence-electron chi connectivity index (χ3n) is 3.45. The summed E-state index contributed by atoms with van der Waals surface area (Å²) >= 11 is 0. The molecule has 1 atom stereocenters. The van der Waals surface area contributed by atoms with Crippen LogP contribution in [0.2, 0.25) is 0 Å². The summed E-state index contributed by atoms with van der Waals surface area (Å²) in [6, 6.07) is 7.35. The highest BCUT2D eigenvalue weighted by molar-refractivity contribution is 7.91. The van der Waals surface area contributed by atoms with Gasteiger partial charge < -0.3 is 15.4 Å². The van der Waals surface area contributed by atoms with Crippen LogP contribution in [0.5, 0.6) is 5.75 Å². The van der Waals surface area contributed by atoms with Gasteiger partial charge in [-0.05, 0) is 12.5 Å². The smallest absolute Gasteiger partial charge is 0.234 e. The van der Waals surface area contributed by atoms with Crippen molar-refractivity contribution >= 4 is 15.7 Å². The van der Waals surface area contributed by atoms with E-state index in [0.717, 1.165) is 11.3 Å². The molecular weight excluding hydrogens is 292 g/mol. The largest absolute Gasteiger partial charge is 0.496 e. The van der Waals surface area contributed by atoms with E-state index in [1.807, 2.05) is 24.3 Å². The fraction of sp³-hybridized carbons (Fsp3) is 0.500. The molecule has 0 spiro atoms. The quantitative estimate of drug-likeness (QED) is 0.777. The fourth-order valence-electron chi connectivity index (χ4n) is 2.30. The Labute approximate surface area is 124 Å². The van der Waals surface area contributed by atoms with Crippen molar-refractivity contribution in [1.82, 2.24) is 10.6 Å². The molecule has 1 unspecified atom stereocenters. The Hall–Kier alpha value is -1.60. The molecule has 0 aromatic heterocycles. The van der Waals surface area contributed by atoms with Crippen LogP contribution in [0.1, 0.15) is 12.0 Å². The van der Waals surface area contributed by atoms with Crippen molar-refractivity contribution in [3.05, 3.63) is 29.8 Å². The molecule has 0 saturated carbocycles. The van der Waals surface area contributed by atoms with Crippen molar-refractivity contribution in [2.45, 2.75) is 19.0 Å². The second-order valence-corrected chi connectivity index (χ2v) is 7.30. The summed E-state index contributed by atoms with van der Waals surface area (Å²) in [5, 5.41) is 5.77. The van der Waals surface area contributed by atoms with Gasteiger partial charge in [-0.15, -0.1) is 0 Å². The first-order chi connectivity index (χ1) is 10.00. The summed E-state index contributed by atoms with van der Waals surface area (Å²) in [5.74, 6) is 0.887. The molecule has 0 aliphatic carbocycles. The molecule has 1 aromatic carbocycles. The number of carbonyl (C=O) groups is 1. The molecule has 116 valence electrons. The van der Waals surface area contributed by atoms with Gasteiger partial charge in [0.15, 0.2) is 9.84 Å². The van der Waals surface area contributed by atoms with Crippen LogP contribution in [0.25, 0.3) is 0 Å². The van der Waals surface area contributed by atoms with Crippen molar-refractivity contribution in [1.29, 1.82) is 0 Å². The highest BCUT2D eigenvalue weighted by Crippen LogP contribution is 2.16. The number of ether oxygens (including phenoxy) is 1. The minimum atomic E-state index is -2.92. The van der Waals surface area contributed by atoms with Gasteiger partial charge in [-0.2, -0.15) is 0 Å². The van der Waals surface area contributed by atoms with E-state index in [1.54, 1.807) is 7.11 Å². The molecule has 1 heterocycles. The van der Waals surface area contributed by atoms with Crippen LogP contribution in [0, 0.1) is 0 Å². The number of hydrogen-bond donors (Lipinski definition) is 2. The van der Waals surface area contributed by atoms with Crippen molar-refractivity contribution in [3.8, 4) is 5.75 Å². The number of carbonyl (C=O) groups excluding carboxylic acids is 1. The van der Waals surface area contributed by atoms with E-state index in [9.17, 15) is 13.2 Å². The van der Waals surface area contributed by atoms with E-state index in [4.69, 9.17) is 4.74 Å². The van der Waals surface area contributed by atoms with E-state index in [-0.39, 0.29) is 30.0 Å². The zero-order chi connectivity index (χ0) is 15.3. The third kappa shape index (κ3) is 4.71. The summed E-state index contributed by atoms with van der Waals surface area (Å²) in [4.78, 5) is 11.8. The molecule has 1 aromatic rings. The molecule has 21 heavy (non-hydrogen) atoms. The molecule has 0 bridgehead atoms. The van der Waals surface area contributed by atoms with Gasteiger partial charge >= 0.3 is 0 Å². The second-order valence-electron chi connectivity index (χ2n) is 5.07. The maximum atomic E-state index is 11.8. The van der Waals surface area contributed by atoms with Gasteiger partial charge in [-0.25, -0.2) is 8.42 Å². The molecule has 1 amide bonds. The van der Waals surface area contributed by atoms with Gasteiger partial charge in [-0.3, -0.25) is 4.79 Å². The molecule has 0 radical (unpaired) electrons. The molecule has 1 fully saturated rings. The fourth-order valence-corrected chi connectivity index (χ4v) is 4.01. The van der Waals surface area contributed by atoms with E-state index < -0.39 is 9.84 Å². The van der Waals surface area contributed by atoms with Crippen LogP contribution >= 0.6 is 0 Å². The van der Waals surface area contributed by atoms with Gasteiger partial charge in [0, 0.05) is 18.2 Å². The van der Waals surface area contributed by atoms with E-state index in [0.29, 0.717) is 13.0 Å². The summed E-state index contributed by atoms with van der Waals surface area (Å²) in [6.45, 7) is 0.503. The first kappa shape index (κ1) is 15.8. The van der Waals surface area contributed by atoms with Gasteiger partial charge in [0.05, 0.1) is 25.2 Å². The van der Waals surface area contributed by atoms with E-state index in [1.165, 1.54) is 0 Å². The number of amides is 1. The van der Waals surface area contributed by atoms with Crippen LogP contribution in [-0.4, -0.2) is 45.5 Å². The number of para-hydroxylation sites is 1. The lowest BCUT2D eigenvalue weighted by Gasteiger charge is -2.12. The summed E-state index contributed by atoms with van der Waals surface area (Å²) < 4.78 is 27.8. The Balaban J connectivity index is 1.75. The van der Waals surface area contributed by atoms with Crippen LogP contribution < -0.4 is 15.4 Å². The van der Waals surface area contributed by atoms with Crippen LogP contribution in [0.15, 0.2) is 24.3 Å². The van der Waals surface area contributed by atoms with Crippen molar-refractivity contribution < 1.29 is 17.9 Å². The van der Waals surface area contributed by atoms with Gasteiger partial charge in [0.2, 0.25) is 5.91 Å². The SMILES string of the molecule is COc1ccccc1CNC(=O)CNC1CCS(=O)(=O)C1. The Bertz CT molecular complexity index is 601. The van der Waals surface area contributed by atoms with E-state index in [2.05, 4.69) is 10.6 Å². The zero-order valence-electron chi connectivity index (χ0n) is 12.0. The summed E-state index contributed by atoms with van der Waals surface area (Å²) in [6.07, 6.45) is 0.572. The van der Waals surface area contributed by atoms with Gasteiger partial charge in [0.1, 0.15) is 5.75 Å². The number of methoxy groups -OCH3 is 1. The zero-order valence-corrected chi connectivity index (χ0v) is 12.8. The number of sulfone groups is 1. The average Bonchev–Trinajstić information content (AvgIpc) is 2.82. The molecule has 2 N–H and O–H groups in total. The second kappa shape index (κ2) is 6.91. The Morgan fingerprint density at radius 2 is 2.14 bits per heavy atom. The van der Waals surface area contributed by atoms with Crippen LogP contribution in [-0.2, 0) is 21.2 Å². The average molecular weight is 312 g/mol. The molecule has 1 saturated heterocycles. The normalized spacial score (nSPS) is 20.1. The summed E-state index contributed by atoms with van der Waals surface area (Å²) in [5.41, 5.74) is 0.900. The van der Waals surface area contributed by atoms with E-state index >= 15 is 0 Å². The Morgan fingerprint density at radius 1 is 1.38 bits per heavy atom. The predicted molar refractivity (Wildman–Crippen MR) is 79.9 cm³/mol. The highest BCUT2D eigenvalue weighted by atomic mass is 32.2. The molecule has 1 aliphatic heterocycles. The Morgan fingerprint density at radius 3 is 2.81 bits per heavy atom. The molecule has 2 rings (SSSR count). The predicted octanol–water partition coefficient (Wildman–Crippen LogP) is 0.0881. The number of nitrogens with one attached hydrogen (secondary N) is 2. The minimum absolute atomic E-state index is 0.118. The van der Waals surface area contributed by atoms with Gasteiger partial charge in [0.25, 0.3) is 0 Å². The Kier molecular flexibility index (Phi) is 5.19. The first-order valence-corrected chi connectivity index (χ1v) is 8.65. The monoisotopic (exact) mass is 312 g/mol. The van der Waals surface area contributed by atoms with Crippen LogP contribution in [0.4, 0.5) is 0 Å². The lowest BCUT2D eigenvalue weighted by molar-refractivity contribution is -0.120. The molecule has 7 heteroatoms. The standard InChI is InChI=1S/C14H20N2O4S/c1-20-13-5-3-2-4-11(13)8-16-14(17)9-15-12-6-7-21(18,19)10-12/h2-5,12,15H,6-10H2,1H3,(H,16,17). The summed E-state index contributed by atoms with van der Waals surface area (Å²) in [7, 11) is -1.33. The molecule has 6 nitrogen and oxygen atoms in total. The minimum Gasteiger partial charge on any atom is -0.496 e.